The highest BCUT2D eigenvalue weighted by Crippen LogP contribution is 2.30. The Balaban J connectivity index is 2.32. The number of aromatic nitrogens is 2. The number of piperidine rings is 1. The van der Waals surface area contributed by atoms with Gasteiger partial charge in [-0.2, -0.15) is 0 Å². The minimum Gasteiger partial charge on any atom is -0.356 e. The second-order valence-corrected chi connectivity index (χ2v) is 5.77. The van der Waals surface area contributed by atoms with Crippen molar-refractivity contribution in [2.75, 3.05) is 23.4 Å². The van der Waals surface area contributed by atoms with Gasteiger partial charge in [0, 0.05) is 18.7 Å². The molecule has 1 aliphatic rings. The maximum Gasteiger partial charge on any atom is 0.148 e. The Morgan fingerprint density at radius 1 is 1.32 bits per heavy atom. The lowest BCUT2D eigenvalue weighted by Crippen LogP contribution is -2.40. The van der Waals surface area contributed by atoms with Crippen LogP contribution in [-0.4, -0.2) is 23.1 Å². The van der Waals surface area contributed by atoms with Gasteiger partial charge in [-0.3, -0.25) is 0 Å². The Kier molecular flexibility index (Phi) is 4.58. The lowest BCUT2D eigenvalue weighted by atomic mass is 9.91. The lowest BCUT2D eigenvalue weighted by Gasteiger charge is -2.36. The first-order valence-electron chi connectivity index (χ1n) is 7.21. The SMILES string of the molecule is CCCc1c(NN)ncnc1N1CC(C)CC(C)C1. The first-order valence-corrected chi connectivity index (χ1v) is 7.21. The summed E-state index contributed by atoms with van der Waals surface area (Å²) in [5, 5.41) is 0. The molecule has 1 saturated heterocycles. The number of hydrogen-bond acceptors (Lipinski definition) is 5. The molecule has 106 valence electrons. The van der Waals surface area contributed by atoms with E-state index in [9.17, 15) is 0 Å². The molecule has 1 aliphatic heterocycles. The summed E-state index contributed by atoms with van der Waals surface area (Å²) in [6.45, 7) is 8.93. The summed E-state index contributed by atoms with van der Waals surface area (Å²) in [7, 11) is 0. The van der Waals surface area contributed by atoms with E-state index in [1.807, 2.05) is 0 Å². The molecule has 0 bridgehead atoms. The minimum absolute atomic E-state index is 0.711. The van der Waals surface area contributed by atoms with Gasteiger partial charge in [0.15, 0.2) is 0 Å². The Bertz CT molecular complexity index is 410. The first kappa shape index (κ1) is 14.1. The summed E-state index contributed by atoms with van der Waals surface area (Å²) in [5.74, 6) is 8.82. The van der Waals surface area contributed by atoms with Gasteiger partial charge in [0.2, 0.25) is 0 Å². The number of nitrogen functional groups attached to an aromatic ring is 1. The maximum absolute atomic E-state index is 5.58. The van der Waals surface area contributed by atoms with Crippen molar-refractivity contribution in [3.8, 4) is 0 Å². The van der Waals surface area contributed by atoms with Crippen LogP contribution in [-0.2, 0) is 6.42 Å². The third-order valence-corrected chi connectivity index (χ3v) is 3.73. The predicted octanol–water partition coefficient (Wildman–Crippen LogP) is 2.20. The van der Waals surface area contributed by atoms with E-state index in [1.54, 1.807) is 6.33 Å². The molecular weight excluding hydrogens is 238 g/mol. The van der Waals surface area contributed by atoms with Gasteiger partial charge in [-0.05, 0) is 24.7 Å². The standard InChI is InChI=1S/C14H25N5/c1-4-5-12-13(18-15)16-9-17-14(12)19-7-10(2)6-11(3)8-19/h9-11H,4-8,15H2,1-3H3,(H,16,17,18). The van der Waals surface area contributed by atoms with Crippen molar-refractivity contribution in [2.45, 2.75) is 40.0 Å². The molecule has 1 fully saturated rings. The van der Waals surface area contributed by atoms with Gasteiger partial charge in [0.05, 0.1) is 0 Å². The van der Waals surface area contributed by atoms with Crippen LogP contribution in [0.4, 0.5) is 11.6 Å². The van der Waals surface area contributed by atoms with Crippen LogP contribution in [0.15, 0.2) is 6.33 Å². The van der Waals surface area contributed by atoms with Crippen LogP contribution in [0.3, 0.4) is 0 Å². The predicted molar refractivity (Wildman–Crippen MR) is 79.0 cm³/mol. The van der Waals surface area contributed by atoms with Crippen molar-refractivity contribution >= 4 is 11.6 Å². The summed E-state index contributed by atoms with van der Waals surface area (Å²) < 4.78 is 0. The second kappa shape index (κ2) is 6.19. The van der Waals surface area contributed by atoms with E-state index < -0.39 is 0 Å². The number of rotatable bonds is 4. The molecule has 3 N–H and O–H groups in total. The van der Waals surface area contributed by atoms with Crippen LogP contribution in [0.2, 0.25) is 0 Å². The molecule has 0 saturated carbocycles. The van der Waals surface area contributed by atoms with Crippen LogP contribution in [0.25, 0.3) is 0 Å². The van der Waals surface area contributed by atoms with E-state index in [-0.39, 0.29) is 0 Å². The molecule has 19 heavy (non-hydrogen) atoms. The maximum atomic E-state index is 5.58. The van der Waals surface area contributed by atoms with Gasteiger partial charge in [-0.15, -0.1) is 0 Å². The first-order chi connectivity index (χ1) is 9.15. The highest BCUT2D eigenvalue weighted by atomic mass is 15.3. The monoisotopic (exact) mass is 263 g/mol. The van der Waals surface area contributed by atoms with Crippen molar-refractivity contribution < 1.29 is 0 Å². The summed E-state index contributed by atoms with van der Waals surface area (Å²) in [4.78, 5) is 11.1. The molecule has 5 nitrogen and oxygen atoms in total. The van der Waals surface area contributed by atoms with Crippen LogP contribution in [0, 0.1) is 11.8 Å². The number of hydrazine groups is 1. The Hall–Kier alpha value is -1.36. The van der Waals surface area contributed by atoms with Gasteiger partial charge in [0.1, 0.15) is 18.0 Å². The van der Waals surface area contributed by atoms with E-state index in [4.69, 9.17) is 5.84 Å². The third-order valence-electron chi connectivity index (χ3n) is 3.73. The molecule has 2 atom stereocenters. The van der Waals surface area contributed by atoms with Gasteiger partial charge < -0.3 is 10.3 Å². The number of hydrogen-bond donors (Lipinski definition) is 2. The van der Waals surface area contributed by atoms with E-state index in [2.05, 4.69) is 41.1 Å². The molecule has 1 aromatic heterocycles. The van der Waals surface area contributed by atoms with Crippen molar-refractivity contribution in [3.63, 3.8) is 0 Å². The van der Waals surface area contributed by atoms with Crippen LogP contribution in [0.5, 0.6) is 0 Å². The quantitative estimate of drug-likeness (QED) is 0.644. The van der Waals surface area contributed by atoms with Crippen LogP contribution >= 0.6 is 0 Å². The fourth-order valence-electron chi connectivity index (χ4n) is 3.12. The average Bonchev–Trinajstić information content (AvgIpc) is 2.38. The molecule has 0 spiro atoms. The number of nitrogens with two attached hydrogens (primary N) is 1. The van der Waals surface area contributed by atoms with Crippen molar-refractivity contribution in [1.82, 2.24) is 9.97 Å². The molecule has 2 rings (SSSR count). The Labute approximate surface area is 115 Å². The fraction of sp³-hybridized carbons (Fsp3) is 0.714. The van der Waals surface area contributed by atoms with Gasteiger partial charge in [0.25, 0.3) is 0 Å². The Morgan fingerprint density at radius 3 is 2.58 bits per heavy atom. The summed E-state index contributed by atoms with van der Waals surface area (Å²) in [6.07, 6.45) is 4.92. The molecular formula is C14H25N5. The zero-order valence-electron chi connectivity index (χ0n) is 12.2. The topological polar surface area (TPSA) is 67.1 Å². The van der Waals surface area contributed by atoms with Crippen molar-refractivity contribution in [3.05, 3.63) is 11.9 Å². The highest BCUT2D eigenvalue weighted by molar-refractivity contribution is 5.58. The van der Waals surface area contributed by atoms with Gasteiger partial charge in [-0.25, -0.2) is 15.8 Å². The van der Waals surface area contributed by atoms with E-state index in [1.165, 1.54) is 6.42 Å². The van der Waals surface area contributed by atoms with Crippen LogP contribution in [0.1, 0.15) is 39.2 Å². The second-order valence-electron chi connectivity index (χ2n) is 5.77. The zero-order valence-corrected chi connectivity index (χ0v) is 12.2. The van der Waals surface area contributed by atoms with Crippen molar-refractivity contribution in [2.24, 2.45) is 17.7 Å². The lowest BCUT2D eigenvalue weighted by molar-refractivity contribution is 0.355. The van der Waals surface area contributed by atoms with E-state index in [0.717, 1.165) is 43.1 Å². The molecule has 2 unspecified atom stereocenters. The molecule has 0 aliphatic carbocycles. The minimum atomic E-state index is 0.711. The third kappa shape index (κ3) is 3.15. The zero-order chi connectivity index (χ0) is 13.8. The molecule has 5 heteroatoms. The fourth-order valence-corrected chi connectivity index (χ4v) is 3.12. The molecule has 0 radical (unpaired) electrons. The molecule has 0 amide bonds. The molecule has 0 aromatic carbocycles. The van der Waals surface area contributed by atoms with Crippen molar-refractivity contribution in [1.29, 1.82) is 0 Å². The van der Waals surface area contributed by atoms with E-state index in [0.29, 0.717) is 11.8 Å². The van der Waals surface area contributed by atoms with Gasteiger partial charge >= 0.3 is 0 Å². The number of anilines is 2. The van der Waals surface area contributed by atoms with E-state index >= 15 is 0 Å². The average molecular weight is 263 g/mol. The molecule has 2 heterocycles. The largest absolute Gasteiger partial charge is 0.356 e. The Morgan fingerprint density at radius 2 is 2.00 bits per heavy atom. The highest BCUT2D eigenvalue weighted by Gasteiger charge is 2.25. The molecule has 1 aromatic rings. The normalized spacial score (nSPS) is 23.5. The number of nitrogens with one attached hydrogen (secondary N) is 1. The summed E-state index contributed by atoms with van der Waals surface area (Å²) in [5.41, 5.74) is 3.85. The van der Waals surface area contributed by atoms with Crippen LogP contribution < -0.4 is 16.2 Å². The number of nitrogens with zero attached hydrogens (tertiary/aromatic N) is 3. The summed E-state index contributed by atoms with van der Waals surface area (Å²) in [6, 6.07) is 0. The smallest absolute Gasteiger partial charge is 0.148 e. The summed E-state index contributed by atoms with van der Waals surface area (Å²) >= 11 is 0. The van der Waals surface area contributed by atoms with Gasteiger partial charge in [-0.1, -0.05) is 27.2 Å².